The molecule has 1 saturated heterocycles. The van der Waals surface area contributed by atoms with Crippen LogP contribution < -0.4 is 16.4 Å². The molecule has 0 saturated carbocycles. The van der Waals surface area contributed by atoms with Crippen LogP contribution in [0.15, 0.2) is 12.4 Å². The fourth-order valence-electron chi connectivity index (χ4n) is 1.83. The van der Waals surface area contributed by atoms with Crippen molar-refractivity contribution in [1.29, 1.82) is 0 Å². The average Bonchev–Trinajstić information content (AvgIpc) is 2.64. The summed E-state index contributed by atoms with van der Waals surface area (Å²) in [6.45, 7) is 0.461. The lowest BCUT2D eigenvalue weighted by Crippen LogP contribution is -2.26. The predicted octanol–water partition coefficient (Wildman–Crippen LogP) is -0.409. The van der Waals surface area contributed by atoms with Gasteiger partial charge < -0.3 is 21.5 Å². The standard InChI is InChI=1S/C10H14N4O2/c11-7-2-13-3-8(10(7)12)14-4-6(5-15)1-9(14)16/h2-3,6,15H,1,4-5,11H2,(H2,12,13). The summed E-state index contributed by atoms with van der Waals surface area (Å²) in [4.78, 5) is 17.1. The number of hydrogen-bond acceptors (Lipinski definition) is 5. The van der Waals surface area contributed by atoms with Crippen LogP contribution in [-0.4, -0.2) is 29.1 Å². The Morgan fingerprint density at radius 3 is 2.88 bits per heavy atom. The molecule has 1 amide bonds. The second-order valence-electron chi connectivity index (χ2n) is 3.92. The van der Waals surface area contributed by atoms with Crippen molar-refractivity contribution >= 4 is 23.0 Å². The van der Waals surface area contributed by atoms with Crippen LogP contribution >= 0.6 is 0 Å². The van der Waals surface area contributed by atoms with Gasteiger partial charge in [-0.15, -0.1) is 0 Å². The van der Waals surface area contributed by atoms with E-state index >= 15 is 0 Å². The smallest absolute Gasteiger partial charge is 0.227 e. The van der Waals surface area contributed by atoms with E-state index in [2.05, 4.69) is 4.98 Å². The second kappa shape index (κ2) is 3.97. The van der Waals surface area contributed by atoms with E-state index in [1.807, 2.05) is 0 Å². The summed E-state index contributed by atoms with van der Waals surface area (Å²) < 4.78 is 0. The monoisotopic (exact) mass is 222 g/mol. The summed E-state index contributed by atoms with van der Waals surface area (Å²) in [5.74, 6) is -0.0912. The van der Waals surface area contributed by atoms with Crippen molar-refractivity contribution in [2.24, 2.45) is 5.92 Å². The fourth-order valence-corrected chi connectivity index (χ4v) is 1.83. The zero-order valence-corrected chi connectivity index (χ0v) is 8.76. The Bertz CT molecular complexity index is 421. The second-order valence-corrected chi connectivity index (χ2v) is 3.92. The molecule has 2 heterocycles. The van der Waals surface area contributed by atoms with Crippen LogP contribution in [0.4, 0.5) is 17.1 Å². The normalized spacial score (nSPS) is 20.4. The molecule has 0 aromatic carbocycles. The Morgan fingerprint density at radius 2 is 2.25 bits per heavy atom. The molecule has 1 aliphatic heterocycles. The SMILES string of the molecule is Nc1cncc(N2CC(CO)CC2=O)c1N. The van der Waals surface area contributed by atoms with Crippen molar-refractivity contribution in [2.45, 2.75) is 6.42 Å². The summed E-state index contributed by atoms with van der Waals surface area (Å²) in [5, 5.41) is 9.02. The van der Waals surface area contributed by atoms with Gasteiger partial charge in [-0.3, -0.25) is 9.78 Å². The van der Waals surface area contributed by atoms with E-state index in [1.165, 1.54) is 17.3 Å². The van der Waals surface area contributed by atoms with Crippen molar-refractivity contribution in [3.8, 4) is 0 Å². The first kappa shape index (κ1) is 10.7. The number of nitrogens with two attached hydrogens (primary N) is 2. The summed E-state index contributed by atoms with van der Waals surface area (Å²) >= 11 is 0. The molecule has 0 radical (unpaired) electrons. The molecule has 0 aliphatic carbocycles. The van der Waals surface area contributed by atoms with E-state index in [0.717, 1.165) is 0 Å². The number of carbonyl (C=O) groups is 1. The third-order valence-corrected chi connectivity index (χ3v) is 2.75. The fraction of sp³-hybridized carbons (Fsp3) is 0.400. The van der Waals surface area contributed by atoms with Gasteiger partial charge in [-0.1, -0.05) is 0 Å². The molecule has 0 bridgehead atoms. The minimum absolute atomic E-state index is 0.00209. The molecule has 16 heavy (non-hydrogen) atoms. The third-order valence-electron chi connectivity index (χ3n) is 2.75. The molecular formula is C10H14N4O2. The molecule has 86 valence electrons. The summed E-state index contributed by atoms with van der Waals surface area (Å²) in [7, 11) is 0. The first-order chi connectivity index (χ1) is 7.63. The number of rotatable bonds is 2. The number of carbonyl (C=O) groups excluding carboxylic acids is 1. The van der Waals surface area contributed by atoms with Gasteiger partial charge in [-0.25, -0.2) is 0 Å². The Hall–Kier alpha value is -1.82. The molecule has 1 atom stereocenters. The minimum atomic E-state index is -0.0573. The maximum atomic E-state index is 11.7. The van der Waals surface area contributed by atoms with Crippen molar-refractivity contribution in [2.75, 3.05) is 29.5 Å². The topological polar surface area (TPSA) is 105 Å². The van der Waals surface area contributed by atoms with Gasteiger partial charge in [0.2, 0.25) is 5.91 Å². The maximum Gasteiger partial charge on any atom is 0.227 e. The number of nitrogens with zero attached hydrogens (tertiary/aromatic N) is 2. The van der Waals surface area contributed by atoms with Crippen LogP contribution in [0, 0.1) is 5.92 Å². The van der Waals surface area contributed by atoms with E-state index in [-0.39, 0.29) is 18.4 Å². The molecule has 5 N–H and O–H groups in total. The van der Waals surface area contributed by atoms with Crippen LogP contribution in [0.3, 0.4) is 0 Å². The van der Waals surface area contributed by atoms with Gasteiger partial charge >= 0.3 is 0 Å². The Labute approximate surface area is 92.9 Å². The Kier molecular flexibility index (Phi) is 2.66. The number of amides is 1. The van der Waals surface area contributed by atoms with E-state index in [1.54, 1.807) is 0 Å². The van der Waals surface area contributed by atoms with E-state index in [0.29, 0.717) is 30.0 Å². The largest absolute Gasteiger partial charge is 0.396 e. The molecule has 0 spiro atoms. The first-order valence-electron chi connectivity index (χ1n) is 5.03. The lowest BCUT2D eigenvalue weighted by Gasteiger charge is -2.18. The quantitative estimate of drug-likeness (QED) is 0.631. The summed E-state index contributed by atoms with van der Waals surface area (Å²) in [6.07, 6.45) is 3.30. The highest BCUT2D eigenvalue weighted by Crippen LogP contribution is 2.31. The highest BCUT2D eigenvalue weighted by Gasteiger charge is 2.31. The van der Waals surface area contributed by atoms with Crippen LogP contribution in [-0.2, 0) is 4.79 Å². The highest BCUT2D eigenvalue weighted by atomic mass is 16.3. The molecule has 1 aromatic heterocycles. The molecule has 1 fully saturated rings. The maximum absolute atomic E-state index is 11.7. The van der Waals surface area contributed by atoms with Gasteiger partial charge in [0.05, 0.1) is 29.5 Å². The molecule has 6 heteroatoms. The Balaban J connectivity index is 2.31. The van der Waals surface area contributed by atoms with Crippen molar-refractivity contribution in [3.05, 3.63) is 12.4 Å². The number of aliphatic hydroxyl groups is 1. The number of pyridine rings is 1. The lowest BCUT2D eigenvalue weighted by atomic mass is 10.1. The summed E-state index contributed by atoms with van der Waals surface area (Å²) in [5.41, 5.74) is 12.7. The molecule has 1 unspecified atom stereocenters. The molecule has 1 aliphatic rings. The van der Waals surface area contributed by atoms with Gasteiger partial charge in [0, 0.05) is 25.5 Å². The van der Waals surface area contributed by atoms with Gasteiger partial charge in [0.25, 0.3) is 0 Å². The van der Waals surface area contributed by atoms with Crippen LogP contribution in [0.1, 0.15) is 6.42 Å². The van der Waals surface area contributed by atoms with Crippen molar-refractivity contribution in [3.63, 3.8) is 0 Å². The van der Waals surface area contributed by atoms with Gasteiger partial charge in [0.1, 0.15) is 0 Å². The average molecular weight is 222 g/mol. The summed E-state index contributed by atoms with van der Waals surface area (Å²) in [6, 6.07) is 0. The Morgan fingerprint density at radius 1 is 1.50 bits per heavy atom. The molecule has 1 aromatic rings. The molecule has 6 nitrogen and oxygen atoms in total. The highest BCUT2D eigenvalue weighted by molar-refractivity contribution is 5.99. The first-order valence-corrected chi connectivity index (χ1v) is 5.03. The van der Waals surface area contributed by atoms with Crippen molar-refractivity contribution < 1.29 is 9.90 Å². The van der Waals surface area contributed by atoms with E-state index in [4.69, 9.17) is 16.6 Å². The zero-order chi connectivity index (χ0) is 11.7. The van der Waals surface area contributed by atoms with Crippen LogP contribution in [0.25, 0.3) is 0 Å². The number of aromatic nitrogens is 1. The van der Waals surface area contributed by atoms with Crippen molar-refractivity contribution in [1.82, 2.24) is 4.98 Å². The van der Waals surface area contributed by atoms with Gasteiger partial charge in [-0.2, -0.15) is 0 Å². The van der Waals surface area contributed by atoms with E-state index < -0.39 is 0 Å². The molecular weight excluding hydrogens is 208 g/mol. The van der Waals surface area contributed by atoms with Gasteiger partial charge in [-0.05, 0) is 0 Å². The number of nitrogen functional groups attached to an aromatic ring is 2. The molecule has 2 rings (SSSR count). The number of anilines is 3. The minimum Gasteiger partial charge on any atom is -0.396 e. The van der Waals surface area contributed by atoms with E-state index in [9.17, 15) is 4.79 Å². The third kappa shape index (κ3) is 1.67. The van der Waals surface area contributed by atoms with Crippen LogP contribution in [0.2, 0.25) is 0 Å². The number of aliphatic hydroxyl groups excluding tert-OH is 1. The van der Waals surface area contributed by atoms with Gasteiger partial charge in [0.15, 0.2) is 0 Å². The lowest BCUT2D eigenvalue weighted by molar-refractivity contribution is -0.117. The number of hydrogen-bond donors (Lipinski definition) is 3. The van der Waals surface area contributed by atoms with Crippen LogP contribution in [0.5, 0.6) is 0 Å². The zero-order valence-electron chi connectivity index (χ0n) is 8.76. The predicted molar refractivity (Wildman–Crippen MR) is 60.6 cm³/mol.